The Morgan fingerprint density at radius 3 is 2.69 bits per heavy atom. The van der Waals surface area contributed by atoms with E-state index in [1.54, 1.807) is 6.07 Å². The number of aromatic nitrogens is 1. The Hall–Kier alpha value is -3.52. The maximum absolute atomic E-state index is 14.0. The Kier molecular flexibility index (Phi) is 6.61. The number of amides is 1. The number of nitrogens with one attached hydrogen (secondary N) is 2. The van der Waals surface area contributed by atoms with Crippen molar-refractivity contribution in [2.45, 2.75) is 25.3 Å². The molecule has 1 aliphatic rings. The van der Waals surface area contributed by atoms with Gasteiger partial charge < -0.3 is 21.1 Å². The summed E-state index contributed by atoms with van der Waals surface area (Å²) < 4.78 is 32.9. The van der Waals surface area contributed by atoms with Gasteiger partial charge in [-0.2, -0.15) is 0 Å². The minimum Gasteiger partial charge on any atom is -0.381 e. The number of nitrogens with zero attached hydrogens (tertiary/aromatic N) is 1. The molecule has 1 fully saturated rings. The summed E-state index contributed by atoms with van der Waals surface area (Å²) in [6, 6.07) is 13.7. The highest BCUT2D eigenvalue weighted by Crippen LogP contribution is 2.30. The van der Waals surface area contributed by atoms with Crippen LogP contribution in [-0.2, 0) is 11.3 Å². The van der Waals surface area contributed by atoms with E-state index in [0.717, 1.165) is 37.8 Å². The number of hydrogen-bond donors (Lipinski definition) is 3. The quantitative estimate of drug-likeness (QED) is 0.497. The molecule has 0 bridgehead atoms. The Morgan fingerprint density at radius 2 is 1.91 bits per heavy atom. The fourth-order valence-electron chi connectivity index (χ4n) is 3.79. The minimum atomic E-state index is -0.932. The highest BCUT2D eigenvalue weighted by Gasteiger charge is 2.17. The number of nitrogens with two attached hydrogens (primary N) is 1. The smallest absolute Gasteiger partial charge is 0.252 e. The Balaban J connectivity index is 1.54. The van der Waals surface area contributed by atoms with Gasteiger partial charge in [-0.15, -0.1) is 0 Å². The Labute approximate surface area is 184 Å². The molecule has 1 aliphatic heterocycles. The van der Waals surface area contributed by atoms with Crippen LogP contribution in [0.1, 0.15) is 40.2 Å². The van der Waals surface area contributed by atoms with Crippen molar-refractivity contribution in [1.82, 2.24) is 4.98 Å². The summed E-state index contributed by atoms with van der Waals surface area (Å²) in [5.74, 6) is -1.60. The third kappa shape index (κ3) is 5.03. The maximum Gasteiger partial charge on any atom is 0.252 e. The monoisotopic (exact) mass is 438 g/mol. The van der Waals surface area contributed by atoms with Crippen molar-refractivity contribution in [3.63, 3.8) is 0 Å². The molecule has 8 heteroatoms. The number of rotatable bonds is 7. The molecule has 1 amide bonds. The fraction of sp³-hybridized carbons (Fsp3) is 0.250. The number of primary amides is 1. The van der Waals surface area contributed by atoms with Crippen molar-refractivity contribution in [3.8, 4) is 0 Å². The van der Waals surface area contributed by atoms with E-state index in [2.05, 4.69) is 27.8 Å². The van der Waals surface area contributed by atoms with Gasteiger partial charge in [0.2, 0.25) is 0 Å². The molecular weight excluding hydrogens is 414 g/mol. The molecule has 0 aliphatic carbocycles. The average molecular weight is 438 g/mol. The highest BCUT2D eigenvalue weighted by atomic mass is 19.2. The number of carbonyl (C=O) groups excluding carboxylic acids is 1. The molecule has 2 heterocycles. The lowest BCUT2D eigenvalue weighted by Crippen LogP contribution is -2.16. The standard InChI is InChI=1S/C24H24F2N4O2/c25-20-6-2-4-17(23(20)26)13-28-21-12-22(29-14-19(21)24(27)31)30-18-5-1-3-16(11-18)15-7-9-32-10-8-15/h1-6,11-12,14-15H,7-10,13H2,(H2,27,31)(H2,28,29,30). The van der Waals surface area contributed by atoms with E-state index >= 15 is 0 Å². The highest BCUT2D eigenvalue weighted by molar-refractivity contribution is 5.98. The first-order valence-electron chi connectivity index (χ1n) is 10.4. The van der Waals surface area contributed by atoms with E-state index < -0.39 is 17.5 Å². The first-order valence-corrected chi connectivity index (χ1v) is 10.4. The van der Waals surface area contributed by atoms with Gasteiger partial charge in [0.25, 0.3) is 5.91 Å². The van der Waals surface area contributed by atoms with Crippen molar-refractivity contribution in [2.75, 3.05) is 23.8 Å². The van der Waals surface area contributed by atoms with E-state index in [1.807, 2.05) is 12.1 Å². The van der Waals surface area contributed by atoms with Gasteiger partial charge in [-0.05, 0) is 42.5 Å². The van der Waals surface area contributed by atoms with Crippen LogP contribution in [0.4, 0.5) is 26.0 Å². The van der Waals surface area contributed by atoms with Crippen LogP contribution in [-0.4, -0.2) is 24.1 Å². The minimum absolute atomic E-state index is 0.0213. The number of halogens is 2. The molecule has 2 aromatic carbocycles. The molecule has 6 nitrogen and oxygen atoms in total. The first-order chi connectivity index (χ1) is 15.5. The molecule has 4 rings (SSSR count). The van der Waals surface area contributed by atoms with Crippen LogP contribution < -0.4 is 16.4 Å². The molecule has 0 atom stereocenters. The second kappa shape index (κ2) is 9.74. The molecule has 1 aromatic heterocycles. The Bertz CT molecular complexity index is 1120. The van der Waals surface area contributed by atoms with Crippen molar-refractivity contribution in [1.29, 1.82) is 0 Å². The summed E-state index contributed by atoms with van der Waals surface area (Å²) in [5, 5.41) is 6.21. The van der Waals surface area contributed by atoms with Gasteiger partial charge in [0.05, 0.1) is 11.3 Å². The molecule has 32 heavy (non-hydrogen) atoms. The predicted octanol–water partition coefficient (Wildman–Crippen LogP) is 4.71. The summed E-state index contributed by atoms with van der Waals surface area (Å²) in [4.78, 5) is 16.1. The van der Waals surface area contributed by atoms with Gasteiger partial charge >= 0.3 is 0 Å². The van der Waals surface area contributed by atoms with Crippen molar-refractivity contribution >= 4 is 23.1 Å². The molecular formula is C24H24F2N4O2. The number of ether oxygens (including phenoxy) is 1. The van der Waals surface area contributed by atoms with Crippen molar-refractivity contribution in [2.24, 2.45) is 5.73 Å². The van der Waals surface area contributed by atoms with E-state index in [9.17, 15) is 13.6 Å². The number of hydrogen-bond acceptors (Lipinski definition) is 5. The van der Waals surface area contributed by atoms with Gasteiger partial charge in [0, 0.05) is 43.3 Å². The van der Waals surface area contributed by atoms with Crippen LogP contribution in [0, 0.1) is 11.6 Å². The number of carbonyl (C=O) groups is 1. The molecule has 0 radical (unpaired) electrons. The molecule has 0 unspecified atom stereocenters. The summed E-state index contributed by atoms with van der Waals surface area (Å²) in [7, 11) is 0. The maximum atomic E-state index is 14.0. The van der Waals surface area contributed by atoms with Gasteiger partial charge in [-0.25, -0.2) is 13.8 Å². The molecule has 4 N–H and O–H groups in total. The van der Waals surface area contributed by atoms with Gasteiger partial charge in [-0.3, -0.25) is 4.79 Å². The molecule has 0 saturated carbocycles. The number of pyridine rings is 1. The van der Waals surface area contributed by atoms with Crippen LogP contribution in [0.5, 0.6) is 0 Å². The van der Waals surface area contributed by atoms with Gasteiger partial charge in [0.1, 0.15) is 5.82 Å². The molecule has 166 valence electrons. The number of anilines is 3. The lowest BCUT2D eigenvalue weighted by Gasteiger charge is -2.23. The molecule has 3 aromatic rings. The third-order valence-corrected chi connectivity index (χ3v) is 5.52. The van der Waals surface area contributed by atoms with E-state index in [4.69, 9.17) is 10.5 Å². The second-order valence-corrected chi connectivity index (χ2v) is 7.68. The van der Waals surface area contributed by atoms with Crippen LogP contribution in [0.2, 0.25) is 0 Å². The summed E-state index contributed by atoms with van der Waals surface area (Å²) in [6.45, 7) is 1.51. The summed E-state index contributed by atoms with van der Waals surface area (Å²) in [5.41, 5.74) is 8.21. The van der Waals surface area contributed by atoms with E-state index in [1.165, 1.54) is 23.9 Å². The van der Waals surface area contributed by atoms with Crippen LogP contribution >= 0.6 is 0 Å². The molecule has 1 saturated heterocycles. The van der Waals surface area contributed by atoms with Gasteiger partial charge in [-0.1, -0.05) is 24.3 Å². The van der Waals surface area contributed by atoms with E-state index in [-0.39, 0.29) is 17.7 Å². The van der Waals surface area contributed by atoms with Crippen LogP contribution in [0.3, 0.4) is 0 Å². The Morgan fingerprint density at radius 1 is 1.12 bits per heavy atom. The van der Waals surface area contributed by atoms with Crippen molar-refractivity contribution in [3.05, 3.63) is 83.1 Å². The third-order valence-electron chi connectivity index (χ3n) is 5.52. The van der Waals surface area contributed by atoms with Crippen molar-refractivity contribution < 1.29 is 18.3 Å². The summed E-state index contributed by atoms with van der Waals surface area (Å²) in [6.07, 6.45) is 3.33. The second-order valence-electron chi connectivity index (χ2n) is 7.68. The van der Waals surface area contributed by atoms with E-state index in [0.29, 0.717) is 17.4 Å². The first kappa shape index (κ1) is 21.7. The van der Waals surface area contributed by atoms with Gasteiger partial charge in [0.15, 0.2) is 11.6 Å². The zero-order chi connectivity index (χ0) is 22.5. The normalized spacial score (nSPS) is 14.2. The lowest BCUT2D eigenvalue weighted by molar-refractivity contribution is 0.0853. The van der Waals surface area contributed by atoms with Crippen LogP contribution in [0.25, 0.3) is 0 Å². The zero-order valence-electron chi connectivity index (χ0n) is 17.4. The lowest BCUT2D eigenvalue weighted by atomic mass is 9.91. The topological polar surface area (TPSA) is 89.3 Å². The van der Waals surface area contributed by atoms with Crippen LogP contribution in [0.15, 0.2) is 54.7 Å². The summed E-state index contributed by atoms with van der Waals surface area (Å²) >= 11 is 0. The largest absolute Gasteiger partial charge is 0.381 e. The fourth-order valence-corrected chi connectivity index (χ4v) is 3.79. The number of benzene rings is 2. The SMILES string of the molecule is NC(=O)c1cnc(Nc2cccc(C3CCOCC3)c2)cc1NCc1cccc(F)c1F. The zero-order valence-corrected chi connectivity index (χ0v) is 17.4. The average Bonchev–Trinajstić information content (AvgIpc) is 2.81. The predicted molar refractivity (Wildman–Crippen MR) is 119 cm³/mol. The molecule has 0 spiro atoms.